The molecule has 0 aliphatic carbocycles. The molecule has 1 aliphatic heterocycles. The van der Waals surface area contributed by atoms with Gasteiger partial charge in [-0.25, -0.2) is 14.8 Å². The maximum atomic E-state index is 12.1. The third-order valence-corrected chi connectivity index (χ3v) is 6.16. The van der Waals surface area contributed by atoms with Crippen LogP contribution in [0, 0.1) is 6.92 Å². The number of aromatic nitrogens is 2. The molecule has 1 saturated heterocycles. The summed E-state index contributed by atoms with van der Waals surface area (Å²) >= 11 is 1.37. The van der Waals surface area contributed by atoms with E-state index in [2.05, 4.69) is 32.1 Å². The van der Waals surface area contributed by atoms with E-state index in [0.29, 0.717) is 11.5 Å². The molecule has 0 aromatic carbocycles. The molecule has 1 aliphatic rings. The normalized spacial score (nSPS) is 16.0. The highest BCUT2D eigenvalue weighted by atomic mass is 32.1. The van der Waals surface area contributed by atoms with Crippen LogP contribution in [0.1, 0.15) is 35.0 Å². The fourth-order valence-electron chi connectivity index (χ4n) is 3.34. The van der Waals surface area contributed by atoms with Crippen molar-refractivity contribution in [3.8, 4) is 0 Å². The molecule has 0 saturated carbocycles. The number of unbranched alkanes of at least 4 members (excludes halogenated alkanes) is 1. The molecule has 3 heterocycles. The molecular weight excluding hydrogens is 362 g/mol. The Morgan fingerprint density at radius 3 is 2.78 bits per heavy atom. The number of rotatable bonds is 8. The SMILES string of the molecule is CCOC(=O)c1sc2ncnc(NCCCCN3CCN(C)CC3)c2c1C. The lowest BCUT2D eigenvalue weighted by Gasteiger charge is -2.32. The third kappa shape index (κ3) is 4.94. The van der Waals surface area contributed by atoms with E-state index in [1.54, 1.807) is 6.33 Å². The van der Waals surface area contributed by atoms with E-state index < -0.39 is 0 Å². The second-order valence-electron chi connectivity index (χ2n) is 6.96. The van der Waals surface area contributed by atoms with Crippen molar-refractivity contribution in [1.82, 2.24) is 19.8 Å². The van der Waals surface area contributed by atoms with Crippen LogP contribution in [-0.4, -0.2) is 78.7 Å². The van der Waals surface area contributed by atoms with Crippen molar-refractivity contribution in [2.45, 2.75) is 26.7 Å². The number of hydrogen-bond donors (Lipinski definition) is 1. The maximum absolute atomic E-state index is 12.1. The molecule has 0 bridgehead atoms. The number of fused-ring (bicyclic) bond motifs is 1. The number of anilines is 1. The minimum Gasteiger partial charge on any atom is -0.462 e. The van der Waals surface area contributed by atoms with Crippen molar-refractivity contribution >= 4 is 33.3 Å². The van der Waals surface area contributed by atoms with E-state index >= 15 is 0 Å². The number of piperazine rings is 1. The first-order valence-electron chi connectivity index (χ1n) is 9.66. The molecule has 0 spiro atoms. The number of carbonyl (C=O) groups excluding carboxylic acids is 1. The average molecular weight is 392 g/mol. The molecule has 1 fully saturated rings. The zero-order chi connectivity index (χ0) is 19.2. The molecule has 2 aromatic heterocycles. The van der Waals surface area contributed by atoms with Crippen LogP contribution >= 0.6 is 11.3 Å². The Bertz CT molecular complexity index is 771. The first-order valence-corrected chi connectivity index (χ1v) is 10.5. The van der Waals surface area contributed by atoms with Crippen LogP contribution in [0.2, 0.25) is 0 Å². The predicted molar refractivity (Wildman–Crippen MR) is 110 cm³/mol. The smallest absolute Gasteiger partial charge is 0.348 e. The number of carbonyl (C=O) groups is 1. The average Bonchev–Trinajstić information content (AvgIpc) is 3.01. The lowest BCUT2D eigenvalue weighted by molar-refractivity contribution is 0.0531. The lowest BCUT2D eigenvalue weighted by atomic mass is 10.2. The number of thiophene rings is 1. The summed E-state index contributed by atoms with van der Waals surface area (Å²) in [6.45, 7) is 10.8. The Morgan fingerprint density at radius 1 is 1.26 bits per heavy atom. The van der Waals surface area contributed by atoms with Gasteiger partial charge in [0.25, 0.3) is 0 Å². The number of aryl methyl sites for hydroxylation is 1. The van der Waals surface area contributed by atoms with Crippen LogP contribution < -0.4 is 5.32 Å². The van der Waals surface area contributed by atoms with Gasteiger partial charge in [0.15, 0.2) is 0 Å². The van der Waals surface area contributed by atoms with Crippen molar-refractivity contribution in [2.75, 3.05) is 58.2 Å². The largest absolute Gasteiger partial charge is 0.462 e. The van der Waals surface area contributed by atoms with Gasteiger partial charge >= 0.3 is 5.97 Å². The molecule has 2 aromatic rings. The summed E-state index contributed by atoms with van der Waals surface area (Å²) in [5, 5.41) is 4.37. The number of hydrogen-bond acceptors (Lipinski definition) is 8. The topological polar surface area (TPSA) is 70.6 Å². The van der Waals surface area contributed by atoms with Gasteiger partial charge in [0.2, 0.25) is 0 Å². The van der Waals surface area contributed by atoms with Crippen molar-refractivity contribution in [3.05, 3.63) is 16.8 Å². The summed E-state index contributed by atoms with van der Waals surface area (Å²) < 4.78 is 5.15. The van der Waals surface area contributed by atoms with E-state index in [1.807, 2.05) is 13.8 Å². The van der Waals surface area contributed by atoms with Crippen LogP contribution in [0.3, 0.4) is 0 Å². The second kappa shape index (κ2) is 9.43. The van der Waals surface area contributed by atoms with E-state index in [0.717, 1.165) is 54.2 Å². The van der Waals surface area contributed by atoms with Crippen LogP contribution in [0.5, 0.6) is 0 Å². The van der Waals surface area contributed by atoms with Crippen molar-refractivity contribution in [2.24, 2.45) is 0 Å². The number of likely N-dealkylation sites (N-methyl/N-ethyl adjacent to an activating group) is 1. The summed E-state index contributed by atoms with van der Waals surface area (Å²) in [5.74, 6) is 0.528. The van der Waals surface area contributed by atoms with E-state index in [-0.39, 0.29) is 5.97 Å². The van der Waals surface area contributed by atoms with Gasteiger partial charge in [-0.1, -0.05) is 0 Å². The summed E-state index contributed by atoms with van der Waals surface area (Å²) in [6.07, 6.45) is 3.81. The van der Waals surface area contributed by atoms with E-state index in [1.165, 1.54) is 30.8 Å². The Labute approximate surface area is 164 Å². The molecule has 7 nitrogen and oxygen atoms in total. The maximum Gasteiger partial charge on any atom is 0.348 e. The number of ether oxygens (including phenoxy) is 1. The highest BCUT2D eigenvalue weighted by molar-refractivity contribution is 7.20. The third-order valence-electron chi connectivity index (χ3n) is 4.98. The van der Waals surface area contributed by atoms with Crippen molar-refractivity contribution in [3.63, 3.8) is 0 Å². The molecule has 1 N–H and O–H groups in total. The van der Waals surface area contributed by atoms with Gasteiger partial charge in [0.1, 0.15) is 21.9 Å². The molecule has 27 heavy (non-hydrogen) atoms. The molecular formula is C19H29N5O2S. The van der Waals surface area contributed by atoms with Crippen molar-refractivity contribution in [1.29, 1.82) is 0 Å². The van der Waals surface area contributed by atoms with Crippen molar-refractivity contribution < 1.29 is 9.53 Å². The minimum atomic E-state index is -0.281. The Kier molecular flexibility index (Phi) is 6.98. The van der Waals surface area contributed by atoms with Crippen LogP contribution in [0.25, 0.3) is 10.2 Å². The molecule has 3 rings (SSSR count). The van der Waals surface area contributed by atoms with Crippen LogP contribution in [0.15, 0.2) is 6.33 Å². The highest BCUT2D eigenvalue weighted by Crippen LogP contribution is 2.33. The van der Waals surface area contributed by atoms with Gasteiger partial charge in [-0.2, -0.15) is 0 Å². The van der Waals surface area contributed by atoms with Gasteiger partial charge < -0.3 is 19.9 Å². The predicted octanol–water partition coefficient (Wildman–Crippen LogP) is 2.62. The molecule has 0 unspecified atom stereocenters. The Balaban J connectivity index is 1.55. The standard InChI is InChI=1S/C19H29N5O2S/c1-4-26-19(25)16-14(2)15-17(21-13-22-18(15)27-16)20-7-5-6-8-24-11-9-23(3)10-12-24/h13H,4-12H2,1-3H3,(H,20,21,22). The van der Waals surface area contributed by atoms with E-state index in [9.17, 15) is 4.79 Å². The lowest BCUT2D eigenvalue weighted by Crippen LogP contribution is -2.44. The Morgan fingerprint density at radius 2 is 2.04 bits per heavy atom. The highest BCUT2D eigenvalue weighted by Gasteiger charge is 2.20. The first kappa shape index (κ1) is 20.0. The van der Waals surface area contributed by atoms with Gasteiger partial charge in [0.05, 0.1) is 12.0 Å². The number of esters is 1. The molecule has 8 heteroatoms. The van der Waals surface area contributed by atoms with Crippen LogP contribution in [0.4, 0.5) is 5.82 Å². The monoisotopic (exact) mass is 391 g/mol. The first-order chi connectivity index (χ1) is 13.1. The molecule has 148 valence electrons. The molecule has 0 atom stereocenters. The zero-order valence-corrected chi connectivity index (χ0v) is 17.3. The fraction of sp³-hybridized carbons (Fsp3) is 0.632. The van der Waals surface area contributed by atoms with Gasteiger partial charge in [-0.3, -0.25) is 0 Å². The zero-order valence-electron chi connectivity index (χ0n) is 16.5. The minimum absolute atomic E-state index is 0.281. The number of nitrogens with zero attached hydrogens (tertiary/aromatic N) is 4. The van der Waals surface area contributed by atoms with Crippen LogP contribution in [-0.2, 0) is 4.74 Å². The molecule has 0 amide bonds. The molecule has 0 radical (unpaired) electrons. The van der Waals surface area contributed by atoms with Gasteiger partial charge in [-0.05, 0) is 45.8 Å². The van der Waals surface area contributed by atoms with Gasteiger partial charge in [-0.15, -0.1) is 11.3 Å². The summed E-state index contributed by atoms with van der Waals surface area (Å²) in [4.78, 5) is 27.2. The fourth-order valence-corrected chi connectivity index (χ4v) is 4.38. The summed E-state index contributed by atoms with van der Waals surface area (Å²) in [5.41, 5.74) is 0.897. The summed E-state index contributed by atoms with van der Waals surface area (Å²) in [7, 11) is 2.18. The van der Waals surface area contributed by atoms with Gasteiger partial charge in [0, 0.05) is 32.7 Å². The quantitative estimate of drug-likeness (QED) is 0.548. The second-order valence-corrected chi connectivity index (χ2v) is 7.96. The van der Waals surface area contributed by atoms with E-state index in [4.69, 9.17) is 4.74 Å². The Hall–Kier alpha value is -1.77. The summed E-state index contributed by atoms with van der Waals surface area (Å²) in [6, 6.07) is 0. The number of nitrogens with one attached hydrogen (secondary N) is 1.